The number of likely N-dealkylation sites (tertiary alicyclic amines) is 1. The van der Waals surface area contributed by atoms with E-state index in [9.17, 15) is 4.79 Å². The van der Waals surface area contributed by atoms with Crippen LogP contribution < -0.4 is 0 Å². The summed E-state index contributed by atoms with van der Waals surface area (Å²) in [5.41, 5.74) is 0.839. The Hall–Kier alpha value is -1.87. The first-order chi connectivity index (χ1) is 12.3. The molecule has 0 aromatic heterocycles. The van der Waals surface area contributed by atoms with E-state index in [-0.39, 0.29) is 5.91 Å². The maximum atomic E-state index is 13.3. The van der Waals surface area contributed by atoms with Crippen LogP contribution in [0.25, 0.3) is 10.8 Å². The maximum absolute atomic E-state index is 13.3. The van der Waals surface area contributed by atoms with Crippen LogP contribution in [0, 0.1) is 0 Å². The summed E-state index contributed by atoms with van der Waals surface area (Å²) in [6, 6.07) is 15.2. The second kappa shape index (κ2) is 7.17. The molecule has 1 saturated carbocycles. The third kappa shape index (κ3) is 3.18. The number of benzene rings is 2. The molecular formula is C22H28N2O. The summed E-state index contributed by atoms with van der Waals surface area (Å²) in [4.78, 5) is 18.0. The minimum atomic E-state index is 0.174. The first-order valence-corrected chi connectivity index (χ1v) is 9.74. The summed E-state index contributed by atoms with van der Waals surface area (Å²) in [5.74, 6) is 0.174. The Labute approximate surface area is 150 Å². The molecule has 2 aliphatic rings. The van der Waals surface area contributed by atoms with Gasteiger partial charge in [-0.2, -0.15) is 0 Å². The van der Waals surface area contributed by atoms with Gasteiger partial charge in [0.05, 0.1) is 0 Å². The summed E-state index contributed by atoms with van der Waals surface area (Å²) in [6.45, 7) is 2.41. The molecule has 2 aromatic carbocycles. The van der Waals surface area contributed by atoms with Gasteiger partial charge in [-0.05, 0) is 55.6 Å². The molecule has 3 heteroatoms. The van der Waals surface area contributed by atoms with Gasteiger partial charge in [-0.25, -0.2) is 0 Å². The molecule has 3 nitrogen and oxygen atoms in total. The van der Waals surface area contributed by atoms with Crippen molar-refractivity contribution in [3.05, 3.63) is 48.0 Å². The number of amides is 1. The minimum absolute atomic E-state index is 0.174. The molecule has 1 saturated heterocycles. The predicted octanol–water partition coefficient (Wildman–Crippen LogP) is 4.32. The van der Waals surface area contributed by atoms with Crippen molar-refractivity contribution in [1.29, 1.82) is 0 Å². The predicted molar refractivity (Wildman–Crippen MR) is 103 cm³/mol. The monoisotopic (exact) mass is 336 g/mol. The molecule has 4 rings (SSSR count). The van der Waals surface area contributed by atoms with Crippen molar-refractivity contribution in [1.82, 2.24) is 9.80 Å². The first kappa shape index (κ1) is 16.6. The lowest BCUT2D eigenvalue weighted by Gasteiger charge is -2.42. The molecule has 2 aromatic rings. The van der Waals surface area contributed by atoms with Crippen molar-refractivity contribution in [2.24, 2.45) is 0 Å². The van der Waals surface area contributed by atoms with E-state index in [0.29, 0.717) is 12.1 Å². The Kier molecular flexibility index (Phi) is 4.76. The second-order valence-corrected chi connectivity index (χ2v) is 7.60. The number of fused-ring (bicyclic) bond motifs is 1. The molecule has 2 fully saturated rings. The van der Waals surface area contributed by atoms with Crippen molar-refractivity contribution in [2.45, 2.75) is 50.6 Å². The van der Waals surface area contributed by atoms with Crippen LogP contribution in [-0.2, 0) is 0 Å². The van der Waals surface area contributed by atoms with Gasteiger partial charge in [0.15, 0.2) is 0 Å². The highest BCUT2D eigenvalue weighted by molar-refractivity contribution is 6.07. The van der Waals surface area contributed by atoms with Crippen molar-refractivity contribution in [3.63, 3.8) is 0 Å². The van der Waals surface area contributed by atoms with Gasteiger partial charge in [0.2, 0.25) is 0 Å². The van der Waals surface area contributed by atoms with E-state index < -0.39 is 0 Å². The lowest BCUT2D eigenvalue weighted by molar-refractivity contribution is 0.0498. The number of likely N-dealkylation sites (N-methyl/N-ethyl adjacent to an activating group) is 1. The van der Waals surface area contributed by atoms with Crippen molar-refractivity contribution in [2.75, 3.05) is 20.1 Å². The Morgan fingerprint density at radius 3 is 2.52 bits per heavy atom. The molecule has 0 bridgehead atoms. The largest absolute Gasteiger partial charge is 0.337 e. The van der Waals surface area contributed by atoms with Crippen LogP contribution in [0.4, 0.5) is 0 Å². The van der Waals surface area contributed by atoms with Gasteiger partial charge < -0.3 is 4.90 Å². The smallest absolute Gasteiger partial charge is 0.254 e. The van der Waals surface area contributed by atoms with Gasteiger partial charge in [0.1, 0.15) is 0 Å². The quantitative estimate of drug-likeness (QED) is 0.833. The molecule has 1 heterocycles. The standard InChI is InChI=1S/C22H28N2O/c1-23(20-13-4-5-14-21(20)24-15-6-7-16-24)22(25)19-12-8-10-17-9-2-3-11-18(17)19/h2-3,8-12,20-21H,4-7,13-16H2,1H3/t20-,21+/m0/s1. The van der Waals surface area contributed by atoms with Gasteiger partial charge in [-0.15, -0.1) is 0 Å². The van der Waals surface area contributed by atoms with Crippen LogP contribution in [0.2, 0.25) is 0 Å². The lowest BCUT2D eigenvalue weighted by atomic mass is 9.88. The van der Waals surface area contributed by atoms with E-state index in [1.54, 1.807) is 0 Å². The molecule has 2 atom stereocenters. The fourth-order valence-corrected chi connectivity index (χ4v) is 4.80. The van der Waals surface area contributed by atoms with E-state index >= 15 is 0 Å². The van der Waals surface area contributed by atoms with Crippen LogP contribution in [0.5, 0.6) is 0 Å². The van der Waals surface area contributed by atoms with Gasteiger partial charge in [0, 0.05) is 24.7 Å². The molecule has 1 aliphatic carbocycles. The highest BCUT2D eigenvalue weighted by atomic mass is 16.2. The Morgan fingerprint density at radius 1 is 0.960 bits per heavy atom. The minimum Gasteiger partial charge on any atom is -0.337 e. The first-order valence-electron chi connectivity index (χ1n) is 9.74. The molecule has 25 heavy (non-hydrogen) atoms. The zero-order valence-electron chi connectivity index (χ0n) is 15.2. The molecule has 0 N–H and O–H groups in total. The van der Waals surface area contributed by atoms with Gasteiger partial charge in [-0.3, -0.25) is 9.69 Å². The molecule has 1 amide bonds. The average molecular weight is 336 g/mol. The number of hydrogen-bond acceptors (Lipinski definition) is 2. The number of rotatable bonds is 3. The van der Waals surface area contributed by atoms with E-state index in [2.05, 4.69) is 23.1 Å². The number of carbonyl (C=O) groups is 1. The summed E-state index contributed by atoms with van der Waals surface area (Å²) in [5, 5.41) is 2.21. The molecular weight excluding hydrogens is 308 g/mol. The Morgan fingerprint density at radius 2 is 1.68 bits per heavy atom. The van der Waals surface area contributed by atoms with Crippen LogP contribution in [-0.4, -0.2) is 47.9 Å². The number of carbonyl (C=O) groups excluding carboxylic acids is 1. The SMILES string of the molecule is CN(C(=O)c1cccc2ccccc12)[C@H]1CCCC[C@H]1N1CCCC1. The third-order valence-electron chi connectivity index (χ3n) is 6.14. The molecule has 0 spiro atoms. The van der Waals surface area contributed by atoms with Gasteiger partial charge >= 0.3 is 0 Å². The van der Waals surface area contributed by atoms with Gasteiger partial charge in [-0.1, -0.05) is 49.2 Å². The Bertz CT molecular complexity index is 745. The lowest BCUT2D eigenvalue weighted by Crippen LogP contribution is -2.53. The van der Waals surface area contributed by atoms with Gasteiger partial charge in [0.25, 0.3) is 5.91 Å². The average Bonchev–Trinajstić information content (AvgIpc) is 3.21. The van der Waals surface area contributed by atoms with Crippen LogP contribution in [0.3, 0.4) is 0 Å². The fraction of sp³-hybridized carbons (Fsp3) is 0.500. The Balaban J connectivity index is 1.61. The fourth-order valence-electron chi connectivity index (χ4n) is 4.80. The molecule has 0 radical (unpaired) electrons. The molecule has 0 unspecified atom stereocenters. The van der Waals surface area contributed by atoms with E-state index in [4.69, 9.17) is 0 Å². The maximum Gasteiger partial charge on any atom is 0.254 e. The zero-order chi connectivity index (χ0) is 17.2. The van der Waals surface area contributed by atoms with Crippen molar-refractivity contribution in [3.8, 4) is 0 Å². The molecule has 1 aliphatic heterocycles. The summed E-state index contributed by atoms with van der Waals surface area (Å²) in [7, 11) is 2.02. The highest BCUT2D eigenvalue weighted by Crippen LogP contribution is 2.30. The zero-order valence-corrected chi connectivity index (χ0v) is 15.2. The number of nitrogens with zero attached hydrogens (tertiary/aromatic N) is 2. The van der Waals surface area contributed by atoms with Crippen molar-refractivity contribution < 1.29 is 4.79 Å². The summed E-state index contributed by atoms with van der Waals surface area (Å²) in [6.07, 6.45) is 7.52. The van der Waals surface area contributed by atoms with Crippen molar-refractivity contribution >= 4 is 16.7 Å². The van der Waals surface area contributed by atoms with E-state index in [0.717, 1.165) is 22.8 Å². The van der Waals surface area contributed by atoms with Crippen LogP contribution in [0.1, 0.15) is 48.9 Å². The number of hydrogen-bond donors (Lipinski definition) is 0. The normalized spacial score (nSPS) is 24.5. The third-order valence-corrected chi connectivity index (χ3v) is 6.14. The second-order valence-electron chi connectivity index (χ2n) is 7.60. The molecule has 132 valence electrons. The van der Waals surface area contributed by atoms with E-state index in [1.165, 1.54) is 45.2 Å². The van der Waals surface area contributed by atoms with E-state index in [1.807, 2.05) is 36.2 Å². The highest BCUT2D eigenvalue weighted by Gasteiger charge is 2.35. The summed E-state index contributed by atoms with van der Waals surface area (Å²) >= 11 is 0. The topological polar surface area (TPSA) is 23.6 Å². The summed E-state index contributed by atoms with van der Waals surface area (Å²) < 4.78 is 0. The van der Waals surface area contributed by atoms with Crippen LogP contribution >= 0.6 is 0 Å². The van der Waals surface area contributed by atoms with Crippen LogP contribution in [0.15, 0.2) is 42.5 Å².